The Kier molecular flexibility index (Phi) is 6.99. The van der Waals surface area contributed by atoms with E-state index in [1.165, 1.54) is 12.1 Å². The van der Waals surface area contributed by atoms with E-state index in [1.807, 2.05) is 30.3 Å². The van der Waals surface area contributed by atoms with E-state index in [2.05, 4.69) is 11.0 Å². The molecule has 1 aliphatic heterocycles. The average Bonchev–Trinajstić information content (AvgIpc) is 2.83. The zero-order valence-electron chi connectivity index (χ0n) is 18.3. The number of ether oxygens (including phenoxy) is 1. The Morgan fingerprint density at radius 1 is 1.21 bits per heavy atom. The summed E-state index contributed by atoms with van der Waals surface area (Å²) in [6.07, 6.45) is -0.154. The van der Waals surface area contributed by atoms with Gasteiger partial charge in [-0.3, -0.25) is 14.5 Å². The van der Waals surface area contributed by atoms with Gasteiger partial charge in [0.15, 0.2) is 10.3 Å². The first-order chi connectivity index (χ1) is 16.0. The molecule has 1 fully saturated rings. The van der Waals surface area contributed by atoms with Crippen molar-refractivity contribution in [1.29, 1.82) is 5.26 Å². The Bertz CT molecular complexity index is 1290. The molecule has 170 valence electrons. The predicted molar refractivity (Wildman–Crippen MR) is 127 cm³/mol. The van der Waals surface area contributed by atoms with Crippen LogP contribution < -0.4 is 11.2 Å². The number of hydrogen-bond donors (Lipinski definition) is 1. The Labute approximate surface area is 196 Å². The average molecular weight is 465 g/mol. The second-order valence-electron chi connectivity index (χ2n) is 7.90. The lowest BCUT2D eigenvalue weighted by molar-refractivity contribution is -0.0262. The van der Waals surface area contributed by atoms with Crippen LogP contribution in [0.4, 0.5) is 10.2 Å². The SMILES string of the molecule is Cn1c(N)c(C#N)c(=NCC2CN(Cc3ccc(F)cc3)CCO2)n(-c2ccccc2)c1=S. The van der Waals surface area contributed by atoms with Crippen LogP contribution in [0, 0.1) is 21.9 Å². The van der Waals surface area contributed by atoms with Crippen molar-refractivity contribution in [1.82, 2.24) is 14.0 Å². The van der Waals surface area contributed by atoms with E-state index in [-0.39, 0.29) is 23.3 Å². The lowest BCUT2D eigenvalue weighted by Crippen LogP contribution is -2.43. The first-order valence-corrected chi connectivity index (χ1v) is 11.0. The van der Waals surface area contributed by atoms with Crippen LogP contribution in [0.3, 0.4) is 0 Å². The Balaban J connectivity index is 1.64. The summed E-state index contributed by atoms with van der Waals surface area (Å²) in [5, 5.41) is 9.83. The molecule has 1 unspecified atom stereocenters. The van der Waals surface area contributed by atoms with Crippen molar-refractivity contribution in [2.75, 3.05) is 32.0 Å². The summed E-state index contributed by atoms with van der Waals surface area (Å²) in [4.78, 5) is 7.03. The molecule has 0 spiro atoms. The molecule has 1 aromatic heterocycles. The molecule has 2 heterocycles. The first kappa shape index (κ1) is 22.9. The second kappa shape index (κ2) is 10.1. The van der Waals surface area contributed by atoms with E-state index in [4.69, 9.17) is 27.7 Å². The van der Waals surface area contributed by atoms with Gasteiger partial charge in [-0.1, -0.05) is 30.3 Å². The van der Waals surface area contributed by atoms with Crippen LogP contribution in [0.5, 0.6) is 0 Å². The van der Waals surface area contributed by atoms with Crippen molar-refractivity contribution < 1.29 is 9.13 Å². The molecule has 9 heteroatoms. The van der Waals surface area contributed by atoms with Crippen molar-refractivity contribution in [3.63, 3.8) is 0 Å². The van der Waals surface area contributed by atoms with Crippen molar-refractivity contribution in [3.05, 3.63) is 81.8 Å². The van der Waals surface area contributed by atoms with Gasteiger partial charge >= 0.3 is 0 Å². The predicted octanol–water partition coefficient (Wildman–Crippen LogP) is 2.94. The number of nitrogens with zero attached hydrogens (tertiary/aromatic N) is 5. The maximum atomic E-state index is 13.2. The fourth-order valence-corrected chi connectivity index (χ4v) is 4.17. The minimum atomic E-state index is -0.242. The van der Waals surface area contributed by atoms with Crippen molar-refractivity contribution >= 4 is 18.0 Å². The number of nitrogen functional groups attached to an aromatic ring is 1. The number of benzene rings is 2. The van der Waals surface area contributed by atoms with Gasteiger partial charge in [0.25, 0.3) is 0 Å². The summed E-state index contributed by atoms with van der Waals surface area (Å²) < 4.78 is 23.0. The van der Waals surface area contributed by atoms with E-state index in [1.54, 1.807) is 28.3 Å². The first-order valence-electron chi connectivity index (χ1n) is 10.6. The molecule has 1 atom stereocenters. The maximum absolute atomic E-state index is 13.2. The normalized spacial score (nSPS) is 17.1. The van der Waals surface area contributed by atoms with Crippen LogP contribution in [0.2, 0.25) is 0 Å². The summed E-state index contributed by atoms with van der Waals surface area (Å²) in [5.74, 6) is 0.0324. The Hall–Kier alpha value is -3.32. The smallest absolute Gasteiger partial charge is 0.187 e. The van der Waals surface area contributed by atoms with E-state index in [0.717, 1.165) is 17.8 Å². The van der Waals surface area contributed by atoms with E-state index < -0.39 is 0 Å². The number of rotatable bonds is 5. The third-order valence-corrected chi connectivity index (χ3v) is 6.10. The van der Waals surface area contributed by atoms with Crippen molar-refractivity contribution in [2.45, 2.75) is 12.6 Å². The van der Waals surface area contributed by atoms with Crippen LogP contribution in [-0.2, 0) is 18.3 Å². The summed E-state index contributed by atoms with van der Waals surface area (Å²) in [5.41, 5.74) is 8.74. The molecule has 33 heavy (non-hydrogen) atoms. The summed E-state index contributed by atoms with van der Waals surface area (Å²) >= 11 is 5.64. The van der Waals surface area contributed by atoms with E-state index in [0.29, 0.717) is 36.5 Å². The zero-order chi connectivity index (χ0) is 23.4. The van der Waals surface area contributed by atoms with Gasteiger partial charge in [0.1, 0.15) is 23.3 Å². The van der Waals surface area contributed by atoms with Crippen molar-refractivity contribution in [2.24, 2.45) is 12.0 Å². The number of aromatic nitrogens is 2. The van der Waals surface area contributed by atoms with Gasteiger partial charge in [-0.2, -0.15) is 5.26 Å². The zero-order valence-corrected chi connectivity index (χ0v) is 19.1. The van der Waals surface area contributed by atoms with Crippen LogP contribution in [-0.4, -0.2) is 46.4 Å². The molecule has 0 radical (unpaired) electrons. The molecule has 2 aromatic carbocycles. The number of para-hydroxylation sites is 1. The highest BCUT2D eigenvalue weighted by molar-refractivity contribution is 7.71. The lowest BCUT2D eigenvalue weighted by Gasteiger charge is -2.32. The molecule has 1 saturated heterocycles. The van der Waals surface area contributed by atoms with Crippen LogP contribution >= 0.6 is 12.2 Å². The number of morpholine rings is 1. The van der Waals surface area contributed by atoms with E-state index in [9.17, 15) is 9.65 Å². The Morgan fingerprint density at radius 3 is 2.64 bits per heavy atom. The highest BCUT2D eigenvalue weighted by atomic mass is 32.1. The third kappa shape index (κ3) is 5.03. The minimum absolute atomic E-state index is 0.154. The second-order valence-corrected chi connectivity index (χ2v) is 8.27. The van der Waals surface area contributed by atoms with Crippen LogP contribution in [0.1, 0.15) is 11.1 Å². The van der Waals surface area contributed by atoms with Gasteiger partial charge in [0, 0.05) is 32.4 Å². The van der Waals surface area contributed by atoms with Gasteiger partial charge in [0.2, 0.25) is 0 Å². The minimum Gasteiger partial charge on any atom is -0.384 e. The molecule has 2 N–H and O–H groups in total. The molecule has 0 aliphatic carbocycles. The molecule has 7 nitrogen and oxygen atoms in total. The highest BCUT2D eigenvalue weighted by Gasteiger charge is 2.21. The summed E-state index contributed by atoms with van der Waals surface area (Å²) in [7, 11) is 1.74. The molecular weight excluding hydrogens is 439 g/mol. The number of nitriles is 1. The van der Waals surface area contributed by atoms with Gasteiger partial charge in [-0.05, 0) is 42.0 Å². The largest absolute Gasteiger partial charge is 0.384 e. The molecule has 0 bridgehead atoms. The van der Waals surface area contributed by atoms with Crippen LogP contribution in [0.25, 0.3) is 5.69 Å². The van der Waals surface area contributed by atoms with Crippen molar-refractivity contribution in [3.8, 4) is 11.8 Å². The van der Waals surface area contributed by atoms with Gasteiger partial charge in [-0.25, -0.2) is 4.39 Å². The Morgan fingerprint density at radius 2 is 1.94 bits per heavy atom. The quantitative estimate of drug-likeness (QED) is 0.587. The number of hydrogen-bond acceptors (Lipinski definition) is 6. The topological polar surface area (TPSA) is 84.5 Å². The number of halogens is 1. The van der Waals surface area contributed by atoms with Gasteiger partial charge < -0.3 is 15.0 Å². The van der Waals surface area contributed by atoms with Gasteiger partial charge in [0.05, 0.1) is 19.3 Å². The van der Waals surface area contributed by atoms with Crippen LogP contribution in [0.15, 0.2) is 59.6 Å². The maximum Gasteiger partial charge on any atom is 0.187 e. The lowest BCUT2D eigenvalue weighted by atomic mass is 10.2. The monoisotopic (exact) mass is 464 g/mol. The van der Waals surface area contributed by atoms with Gasteiger partial charge in [-0.15, -0.1) is 0 Å². The van der Waals surface area contributed by atoms with E-state index >= 15 is 0 Å². The number of anilines is 1. The fraction of sp³-hybridized carbons (Fsp3) is 0.292. The fourth-order valence-electron chi connectivity index (χ4n) is 3.88. The molecule has 0 amide bonds. The molecule has 1 aliphatic rings. The summed E-state index contributed by atoms with van der Waals surface area (Å²) in [6, 6.07) is 18.3. The molecular formula is C24H25FN6OS. The molecule has 4 rings (SSSR count). The summed E-state index contributed by atoms with van der Waals surface area (Å²) in [6.45, 7) is 3.08. The molecule has 0 saturated carbocycles. The third-order valence-electron chi connectivity index (χ3n) is 5.64. The molecule has 3 aromatic rings. The standard InChI is InChI=1S/C24H25FN6OS/c1-29-22(27)21(13-26)23(31(24(29)33)19-5-3-2-4-6-19)28-14-20-16-30(11-12-32-20)15-17-7-9-18(25)10-8-17/h2-10,20H,11-12,14-16,27H2,1H3. The highest BCUT2D eigenvalue weighted by Crippen LogP contribution is 2.14. The number of nitrogens with two attached hydrogens (primary N) is 1.